The van der Waals surface area contributed by atoms with Crippen LogP contribution in [0.3, 0.4) is 0 Å². The predicted molar refractivity (Wildman–Crippen MR) is 129 cm³/mol. The molecule has 1 N–H and O–H groups in total. The van der Waals surface area contributed by atoms with E-state index in [4.69, 9.17) is 9.25 Å². The van der Waals surface area contributed by atoms with Gasteiger partial charge in [-0.15, -0.1) is 0 Å². The summed E-state index contributed by atoms with van der Waals surface area (Å²) in [6.07, 6.45) is 1.27. The van der Waals surface area contributed by atoms with E-state index in [1.165, 1.54) is 0 Å². The number of fused-ring (bicyclic) bond motifs is 1. The maximum atomic E-state index is 13.0. The summed E-state index contributed by atoms with van der Waals surface area (Å²) in [5.74, 6) is -0.405. The van der Waals surface area contributed by atoms with Crippen LogP contribution < -0.4 is 10.9 Å². The molecule has 2 heterocycles. The number of carbonyl (C=O) groups is 1. The summed E-state index contributed by atoms with van der Waals surface area (Å²) >= 11 is 0. The van der Waals surface area contributed by atoms with Gasteiger partial charge in [-0.25, -0.2) is 4.79 Å². The Morgan fingerprint density at radius 2 is 1.64 bits per heavy atom. The molecule has 6 nitrogen and oxygen atoms in total. The molecule has 0 spiro atoms. The number of hydrogen-bond donors (Lipinski definition) is 1. The van der Waals surface area contributed by atoms with Gasteiger partial charge < -0.3 is 9.73 Å². The number of hydrogen-bond acceptors (Lipinski definition) is 5. The Morgan fingerprint density at radius 1 is 1.03 bits per heavy atom. The maximum absolute atomic E-state index is 13.0. The Hall–Kier alpha value is -2.96. The van der Waals surface area contributed by atoms with E-state index in [2.05, 4.69) is 50.2 Å². The van der Waals surface area contributed by atoms with Gasteiger partial charge in [0.25, 0.3) is 5.91 Å². The largest absolute Gasteiger partial charge is 0.422 e. The molecular weight excluding hydrogens is 416 g/mol. The van der Waals surface area contributed by atoms with Gasteiger partial charge in [-0.05, 0) is 65.2 Å². The van der Waals surface area contributed by atoms with E-state index < -0.39 is 11.5 Å². The lowest BCUT2D eigenvalue weighted by Gasteiger charge is -2.54. The third-order valence-electron chi connectivity index (χ3n) is 6.35. The van der Waals surface area contributed by atoms with E-state index in [9.17, 15) is 9.59 Å². The van der Waals surface area contributed by atoms with Crippen molar-refractivity contribution in [2.45, 2.75) is 70.7 Å². The van der Waals surface area contributed by atoms with Gasteiger partial charge in [0.2, 0.25) is 0 Å². The topological polar surface area (TPSA) is 71.8 Å². The predicted octanol–water partition coefficient (Wildman–Crippen LogP) is 5.24. The second-order valence-corrected chi connectivity index (χ2v) is 10.1. The summed E-state index contributed by atoms with van der Waals surface area (Å²) < 4.78 is 5.34. The van der Waals surface area contributed by atoms with Crippen LogP contribution in [0.15, 0.2) is 69.9 Å². The molecular formula is C27H32N2O4. The molecule has 0 bridgehead atoms. The Morgan fingerprint density at radius 3 is 2.30 bits per heavy atom. The van der Waals surface area contributed by atoms with Gasteiger partial charge in [0.15, 0.2) is 0 Å². The first-order chi connectivity index (χ1) is 15.6. The van der Waals surface area contributed by atoms with Crippen LogP contribution >= 0.6 is 0 Å². The Kier molecular flexibility index (Phi) is 6.16. The van der Waals surface area contributed by atoms with Gasteiger partial charge >= 0.3 is 5.63 Å². The van der Waals surface area contributed by atoms with Crippen LogP contribution in [0.2, 0.25) is 0 Å². The SMILES string of the molecule is CC(ON1C(C)(C)CC(NC(=O)c2cc3ccccc3oc2=O)CC1(C)C)c1ccccc1. The van der Waals surface area contributed by atoms with Crippen molar-refractivity contribution < 1.29 is 14.0 Å². The van der Waals surface area contributed by atoms with Crippen LogP contribution in [0, 0.1) is 0 Å². The second kappa shape index (κ2) is 8.76. The first-order valence-electron chi connectivity index (χ1n) is 11.4. The highest BCUT2D eigenvalue weighted by Crippen LogP contribution is 2.40. The Labute approximate surface area is 194 Å². The zero-order valence-electron chi connectivity index (χ0n) is 19.9. The molecule has 2 aromatic carbocycles. The van der Waals surface area contributed by atoms with Gasteiger partial charge in [-0.2, -0.15) is 5.06 Å². The molecule has 1 aromatic heterocycles. The molecule has 1 fully saturated rings. The van der Waals surface area contributed by atoms with E-state index in [-0.39, 0.29) is 28.8 Å². The molecule has 1 amide bonds. The van der Waals surface area contributed by atoms with Crippen molar-refractivity contribution in [3.05, 3.63) is 82.2 Å². The average Bonchev–Trinajstić information content (AvgIpc) is 2.75. The fraction of sp³-hybridized carbons (Fsp3) is 0.407. The summed E-state index contributed by atoms with van der Waals surface area (Å²) in [5.41, 5.74) is 0.317. The van der Waals surface area contributed by atoms with Gasteiger partial charge in [-0.1, -0.05) is 48.5 Å². The molecule has 1 unspecified atom stereocenters. The van der Waals surface area contributed by atoms with Gasteiger partial charge in [0.05, 0.1) is 0 Å². The van der Waals surface area contributed by atoms with Crippen molar-refractivity contribution in [3.63, 3.8) is 0 Å². The van der Waals surface area contributed by atoms with Crippen LogP contribution in [0.25, 0.3) is 11.0 Å². The molecule has 1 aliphatic rings. The first kappa shape index (κ1) is 23.2. The number of nitrogens with zero attached hydrogens (tertiary/aromatic N) is 1. The molecule has 0 radical (unpaired) electrons. The number of amides is 1. The van der Waals surface area contributed by atoms with Crippen LogP contribution in [0.5, 0.6) is 0 Å². The van der Waals surface area contributed by atoms with Gasteiger partial charge in [0, 0.05) is 22.5 Å². The molecule has 6 heteroatoms. The van der Waals surface area contributed by atoms with Gasteiger partial charge in [0.1, 0.15) is 17.3 Å². The lowest BCUT2D eigenvalue weighted by molar-refractivity contribution is -0.306. The Balaban J connectivity index is 1.51. The molecule has 4 rings (SSSR count). The lowest BCUT2D eigenvalue weighted by atomic mass is 9.79. The highest BCUT2D eigenvalue weighted by atomic mass is 16.7. The van der Waals surface area contributed by atoms with Crippen molar-refractivity contribution in [1.29, 1.82) is 0 Å². The minimum atomic E-state index is -0.623. The zero-order valence-corrected chi connectivity index (χ0v) is 19.9. The summed E-state index contributed by atoms with van der Waals surface area (Å²) in [7, 11) is 0. The lowest BCUT2D eigenvalue weighted by Crippen LogP contribution is -2.64. The molecule has 1 saturated heterocycles. The third-order valence-corrected chi connectivity index (χ3v) is 6.35. The fourth-order valence-electron chi connectivity index (χ4n) is 5.08. The Bertz CT molecular complexity index is 1180. The maximum Gasteiger partial charge on any atom is 0.349 e. The average molecular weight is 449 g/mol. The minimum absolute atomic E-state index is 0.0284. The highest BCUT2D eigenvalue weighted by molar-refractivity contribution is 5.96. The standard InChI is InChI=1S/C27H32N2O4/c1-18(19-11-7-6-8-12-19)33-29-26(2,3)16-21(17-27(29,4)5)28-24(30)22-15-20-13-9-10-14-23(20)32-25(22)31/h6-15,18,21H,16-17H2,1-5H3,(H,28,30). The number of carbonyl (C=O) groups excluding carboxylic acids is 1. The van der Waals surface area contributed by atoms with Gasteiger partial charge in [-0.3, -0.25) is 9.63 Å². The van der Waals surface area contributed by atoms with Crippen LogP contribution in [-0.2, 0) is 4.84 Å². The third kappa shape index (κ3) is 4.87. The van der Waals surface area contributed by atoms with Crippen molar-refractivity contribution in [2.24, 2.45) is 0 Å². The molecule has 174 valence electrons. The second-order valence-electron chi connectivity index (χ2n) is 10.1. The van der Waals surface area contributed by atoms with E-state index in [0.29, 0.717) is 18.4 Å². The molecule has 1 aliphatic heterocycles. The number of hydroxylamine groups is 2. The fourth-order valence-corrected chi connectivity index (χ4v) is 5.08. The normalized spacial score (nSPS) is 19.3. The zero-order chi connectivity index (χ0) is 23.8. The van der Waals surface area contributed by atoms with E-state index >= 15 is 0 Å². The number of benzene rings is 2. The summed E-state index contributed by atoms with van der Waals surface area (Å²) in [4.78, 5) is 31.9. The van der Waals surface area contributed by atoms with E-state index in [0.717, 1.165) is 10.9 Å². The monoisotopic (exact) mass is 448 g/mol. The first-order valence-corrected chi connectivity index (χ1v) is 11.4. The van der Waals surface area contributed by atoms with Crippen molar-refractivity contribution in [1.82, 2.24) is 10.4 Å². The van der Waals surface area contributed by atoms with Crippen LogP contribution in [0.4, 0.5) is 0 Å². The molecule has 1 atom stereocenters. The smallest absolute Gasteiger partial charge is 0.349 e. The minimum Gasteiger partial charge on any atom is -0.422 e. The summed E-state index contributed by atoms with van der Waals surface area (Å²) in [6, 6.07) is 18.8. The molecule has 0 aliphatic carbocycles. The highest BCUT2D eigenvalue weighted by Gasteiger charge is 2.47. The number of piperidine rings is 1. The quantitative estimate of drug-likeness (QED) is 0.541. The molecule has 3 aromatic rings. The number of rotatable bonds is 5. The van der Waals surface area contributed by atoms with Crippen LogP contribution in [-0.4, -0.2) is 28.1 Å². The molecule has 33 heavy (non-hydrogen) atoms. The van der Waals surface area contributed by atoms with Crippen molar-refractivity contribution >= 4 is 16.9 Å². The van der Waals surface area contributed by atoms with Crippen molar-refractivity contribution in [2.75, 3.05) is 0 Å². The number of para-hydroxylation sites is 1. The summed E-state index contributed by atoms with van der Waals surface area (Å²) in [6.45, 7) is 10.5. The van der Waals surface area contributed by atoms with E-state index in [1.807, 2.05) is 37.3 Å². The summed E-state index contributed by atoms with van der Waals surface area (Å²) in [5, 5.41) is 5.87. The van der Waals surface area contributed by atoms with Crippen molar-refractivity contribution in [3.8, 4) is 0 Å². The van der Waals surface area contributed by atoms with Crippen LogP contribution in [0.1, 0.15) is 69.5 Å². The number of nitrogens with one attached hydrogen (secondary N) is 1. The van der Waals surface area contributed by atoms with E-state index in [1.54, 1.807) is 18.2 Å². The molecule has 0 saturated carbocycles.